The zero-order valence-corrected chi connectivity index (χ0v) is 6.01. The molecule has 54 valence electrons. The van der Waals surface area contributed by atoms with E-state index in [9.17, 15) is 4.79 Å². The van der Waals surface area contributed by atoms with E-state index in [0.717, 1.165) is 5.01 Å². The second-order valence-electron chi connectivity index (χ2n) is 2.64. The average molecular weight is 131 g/mol. The highest BCUT2D eigenvalue weighted by atomic mass is 16.2. The summed E-state index contributed by atoms with van der Waals surface area (Å²) in [6, 6.07) is 0. The molecule has 0 atom stereocenters. The van der Waals surface area contributed by atoms with Gasteiger partial charge in [0.2, 0.25) is 0 Å². The van der Waals surface area contributed by atoms with Gasteiger partial charge < -0.3 is 5.73 Å². The van der Waals surface area contributed by atoms with Crippen LogP contribution in [-0.4, -0.2) is 23.5 Å². The molecule has 0 aliphatic heterocycles. The molecular weight excluding hydrogens is 118 g/mol. The van der Waals surface area contributed by atoms with Crippen molar-refractivity contribution in [2.45, 2.75) is 19.4 Å². The Bertz CT molecular complexity index is 114. The first-order valence-corrected chi connectivity index (χ1v) is 2.67. The van der Waals surface area contributed by atoms with Gasteiger partial charge in [-0.3, -0.25) is 9.80 Å². The number of hydrogen-bond acceptors (Lipinski definition) is 3. The summed E-state index contributed by atoms with van der Waals surface area (Å²) in [6.45, 7) is 3.22. The normalized spacial score (nSPS) is 11.2. The molecule has 9 heavy (non-hydrogen) atoms. The van der Waals surface area contributed by atoms with Crippen molar-refractivity contribution in [3.05, 3.63) is 0 Å². The highest BCUT2D eigenvalue weighted by molar-refractivity contribution is 5.84. The van der Waals surface area contributed by atoms with Crippen LogP contribution in [0.3, 0.4) is 0 Å². The molecule has 0 aromatic carbocycles. The van der Waals surface area contributed by atoms with Crippen molar-refractivity contribution < 1.29 is 4.79 Å². The SMILES string of the molecule is CN(N)C(=O)C(C)(C)N. The quantitative estimate of drug-likeness (QED) is 0.274. The molecule has 0 fully saturated rings. The molecule has 0 spiro atoms. The van der Waals surface area contributed by atoms with Gasteiger partial charge in [0.15, 0.2) is 0 Å². The van der Waals surface area contributed by atoms with Crippen molar-refractivity contribution in [2.75, 3.05) is 7.05 Å². The molecule has 0 heterocycles. The van der Waals surface area contributed by atoms with Gasteiger partial charge in [-0.2, -0.15) is 0 Å². The Balaban J connectivity index is 4.06. The molecule has 0 aliphatic carbocycles. The predicted octanol–water partition coefficient (Wildman–Crippen LogP) is -0.944. The van der Waals surface area contributed by atoms with Gasteiger partial charge in [0, 0.05) is 7.05 Å². The fraction of sp³-hybridized carbons (Fsp3) is 0.800. The van der Waals surface area contributed by atoms with E-state index in [2.05, 4.69) is 0 Å². The molecule has 0 rings (SSSR count). The van der Waals surface area contributed by atoms with Crippen molar-refractivity contribution in [2.24, 2.45) is 11.6 Å². The summed E-state index contributed by atoms with van der Waals surface area (Å²) in [6.07, 6.45) is 0. The number of nitrogens with zero attached hydrogens (tertiary/aromatic N) is 1. The molecule has 0 aromatic rings. The third kappa shape index (κ3) is 2.43. The summed E-state index contributed by atoms with van der Waals surface area (Å²) in [5.41, 5.74) is 4.55. The van der Waals surface area contributed by atoms with Crippen LogP contribution in [0.4, 0.5) is 0 Å². The maximum atomic E-state index is 10.8. The molecule has 1 amide bonds. The molecule has 4 N–H and O–H groups in total. The molecule has 0 radical (unpaired) electrons. The van der Waals surface area contributed by atoms with Crippen LogP contribution in [0.1, 0.15) is 13.8 Å². The minimum Gasteiger partial charge on any atom is -0.318 e. The van der Waals surface area contributed by atoms with Crippen LogP contribution in [0.25, 0.3) is 0 Å². The van der Waals surface area contributed by atoms with E-state index in [1.807, 2.05) is 0 Å². The Hall–Kier alpha value is -0.610. The van der Waals surface area contributed by atoms with E-state index in [-0.39, 0.29) is 5.91 Å². The molecule has 0 saturated carbocycles. The molecule has 4 heteroatoms. The van der Waals surface area contributed by atoms with Gasteiger partial charge >= 0.3 is 0 Å². The molecule has 0 aromatic heterocycles. The van der Waals surface area contributed by atoms with Gasteiger partial charge in [-0.15, -0.1) is 0 Å². The Morgan fingerprint density at radius 3 is 1.89 bits per heavy atom. The van der Waals surface area contributed by atoms with Gasteiger partial charge in [0.05, 0.1) is 5.54 Å². The Morgan fingerprint density at radius 2 is 1.89 bits per heavy atom. The zero-order valence-electron chi connectivity index (χ0n) is 6.01. The third-order valence-corrected chi connectivity index (χ3v) is 0.872. The van der Waals surface area contributed by atoms with Crippen LogP contribution in [0.5, 0.6) is 0 Å². The number of carbonyl (C=O) groups is 1. The summed E-state index contributed by atoms with van der Waals surface area (Å²) >= 11 is 0. The lowest BCUT2D eigenvalue weighted by Gasteiger charge is -2.21. The van der Waals surface area contributed by atoms with Crippen LogP contribution in [0.15, 0.2) is 0 Å². The average Bonchev–Trinajstić information content (AvgIpc) is 1.62. The zero-order chi connectivity index (χ0) is 7.65. The summed E-state index contributed by atoms with van der Waals surface area (Å²) < 4.78 is 0. The standard InChI is InChI=1S/C5H13N3O/c1-5(2,6)4(9)8(3)7/h6-7H2,1-3H3. The van der Waals surface area contributed by atoms with Crippen molar-refractivity contribution in [3.8, 4) is 0 Å². The van der Waals surface area contributed by atoms with E-state index >= 15 is 0 Å². The summed E-state index contributed by atoms with van der Waals surface area (Å²) in [7, 11) is 1.47. The van der Waals surface area contributed by atoms with Crippen LogP contribution >= 0.6 is 0 Å². The summed E-state index contributed by atoms with van der Waals surface area (Å²) in [5, 5.41) is 0.986. The molecule has 0 saturated heterocycles. The number of hydrazine groups is 1. The van der Waals surface area contributed by atoms with Crippen LogP contribution in [0, 0.1) is 0 Å². The second kappa shape index (κ2) is 2.33. The first-order chi connectivity index (χ1) is 3.85. The predicted molar refractivity (Wildman–Crippen MR) is 35.2 cm³/mol. The monoisotopic (exact) mass is 131 g/mol. The van der Waals surface area contributed by atoms with Crippen LogP contribution < -0.4 is 11.6 Å². The van der Waals surface area contributed by atoms with Gasteiger partial charge in [0.25, 0.3) is 5.91 Å². The van der Waals surface area contributed by atoms with Gasteiger partial charge in [-0.1, -0.05) is 0 Å². The summed E-state index contributed by atoms with van der Waals surface area (Å²) in [5.74, 6) is 4.85. The Morgan fingerprint density at radius 1 is 1.56 bits per heavy atom. The van der Waals surface area contributed by atoms with Gasteiger partial charge in [-0.05, 0) is 13.8 Å². The van der Waals surface area contributed by atoms with Gasteiger partial charge in [-0.25, -0.2) is 5.84 Å². The number of amides is 1. The maximum Gasteiger partial charge on any atom is 0.255 e. The topological polar surface area (TPSA) is 72.3 Å². The van der Waals surface area contributed by atoms with Crippen molar-refractivity contribution in [3.63, 3.8) is 0 Å². The fourth-order valence-corrected chi connectivity index (χ4v) is 0.455. The number of likely N-dealkylation sites (N-methyl/N-ethyl adjacent to an activating group) is 1. The minimum atomic E-state index is -0.858. The lowest BCUT2D eigenvalue weighted by Crippen LogP contribution is -2.52. The maximum absolute atomic E-state index is 10.8. The largest absolute Gasteiger partial charge is 0.318 e. The lowest BCUT2D eigenvalue weighted by molar-refractivity contribution is -0.134. The molecule has 0 aliphatic rings. The Kier molecular flexibility index (Phi) is 2.17. The first kappa shape index (κ1) is 8.39. The van der Waals surface area contributed by atoms with Crippen molar-refractivity contribution in [1.82, 2.24) is 5.01 Å². The number of carbonyl (C=O) groups excluding carboxylic acids is 1. The van der Waals surface area contributed by atoms with E-state index < -0.39 is 5.54 Å². The molecular formula is C5H13N3O. The molecule has 0 bridgehead atoms. The smallest absolute Gasteiger partial charge is 0.255 e. The van der Waals surface area contributed by atoms with Crippen LogP contribution in [0.2, 0.25) is 0 Å². The highest BCUT2D eigenvalue weighted by Crippen LogP contribution is 1.97. The summed E-state index contributed by atoms with van der Waals surface area (Å²) in [4.78, 5) is 10.8. The fourth-order valence-electron chi connectivity index (χ4n) is 0.455. The first-order valence-electron chi connectivity index (χ1n) is 2.67. The van der Waals surface area contributed by atoms with Crippen LogP contribution in [-0.2, 0) is 4.79 Å². The molecule has 0 unspecified atom stereocenters. The second-order valence-corrected chi connectivity index (χ2v) is 2.64. The molecule has 4 nitrogen and oxygen atoms in total. The van der Waals surface area contributed by atoms with E-state index in [1.165, 1.54) is 7.05 Å². The minimum absolute atomic E-state index is 0.275. The van der Waals surface area contributed by atoms with Crippen molar-refractivity contribution >= 4 is 5.91 Å². The highest BCUT2D eigenvalue weighted by Gasteiger charge is 2.23. The third-order valence-electron chi connectivity index (χ3n) is 0.872. The lowest BCUT2D eigenvalue weighted by atomic mass is 10.1. The van der Waals surface area contributed by atoms with E-state index in [1.54, 1.807) is 13.8 Å². The number of hydrogen-bond donors (Lipinski definition) is 2. The number of nitrogens with two attached hydrogens (primary N) is 2. The van der Waals surface area contributed by atoms with Gasteiger partial charge in [0.1, 0.15) is 0 Å². The van der Waals surface area contributed by atoms with Crippen molar-refractivity contribution in [1.29, 1.82) is 0 Å². The number of rotatable bonds is 1. The Labute approximate surface area is 54.8 Å². The van der Waals surface area contributed by atoms with E-state index in [4.69, 9.17) is 11.6 Å². The van der Waals surface area contributed by atoms with E-state index in [0.29, 0.717) is 0 Å².